The van der Waals surface area contributed by atoms with Gasteiger partial charge in [-0.05, 0) is 20.8 Å². The third-order valence-electron chi connectivity index (χ3n) is 3.29. The van der Waals surface area contributed by atoms with Crippen molar-refractivity contribution < 1.29 is 0 Å². The Hall–Kier alpha value is -0.870. The lowest BCUT2D eigenvalue weighted by Gasteiger charge is -2.36. The minimum Gasteiger partial charge on any atom is -0.345 e. The van der Waals surface area contributed by atoms with E-state index in [0.29, 0.717) is 6.04 Å². The molecule has 1 aliphatic heterocycles. The lowest BCUT2D eigenvalue weighted by Crippen LogP contribution is -2.48. The second-order valence-corrected chi connectivity index (χ2v) is 4.90. The molecule has 0 saturated carbocycles. The van der Waals surface area contributed by atoms with E-state index in [4.69, 9.17) is 0 Å². The van der Waals surface area contributed by atoms with Crippen LogP contribution in [0, 0.1) is 6.92 Å². The first-order valence-electron chi connectivity index (χ1n) is 6.12. The van der Waals surface area contributed by atoms with Gasteiger partial charge >= 0.3 is 0 Å². The van der Waals surface area contributed by atoms with E-state index in [-0.39, 0.29) is 0 Å². The van der Waals surface area contributed by atoms with Gasteiger partial charge in [0.1, 0.15) is 5.82 Å². The van der Waals surface area contributed by atoms with Crippen molar-refractivity contribution in [3.63, 3.8) is 0 Å². The molecule has 2 heterocycles. The van der Waals surface area contributed by atoms with Crippen LogP contribution < -0.4 is 0 Å². The predicted octanol–water partition coefficient (Wildman–Crippen LogP) is 1.24. The van der Waals surface area contributed by atoms with Crippen molar-refractivity contribution in [3.05, 3.63) is 17.7 Å². The summed E-state index contributed by atoms with van der Waals surface area (Å²) in [5, 5.41) is 0. The van der Waals surface area contributed by atoms with E-state index >= 15 is 0 Å². The molecule has 1 aromatic heterocycles. The summed E-state index contributed by atoms with van der Waals surface area (Å²) in [6.45, 7) is 12.2. The van der Waals surface area contributed by atoms with Gasteiger partial charge in [0.2, 0.25) is 0 Å². The highest BCUT2D eigenvalue weighted by molar-refractivity contribution is 5.00. The van der Waals surface area contributed by atoms with Crippen LogP contribution in [0.25, 0.3) is 0 Å². The molecule has 0 spiro atoms. The summed E-state index contributed by atoms with van der Waals surface area (Å²) < 4.78 is 0. The van der Waals surface area contributed by atoms with Crippen LogP contribution in [0.3, 0.4) is 0 Å². The zero-order chi connectivity index (χ0) is 11.5. The summed E-state index contributed by atoms with van der Waals surface area (Å²) in [6.07, 6.45) is 1.95. The van der Waals surface area contributed by atoms with Crippen LogP contribution >= 0.6 is 0 Å². The number of hydrogen-bond donors (Lipinski definition) is 1. The minimum absolute atomic E-state index is 0.677. The molecule has 0 amide bonds. The maximum atomic E-state index is 4.23. The average molecular weight is 222 g/mol. The van der Waals surface area contributed by atoms with Crippen LogP contribution in [0.2, 0.25) is 0 Å². The van der Waals surface area contributed by atoms with E-state index in [2.05, 4.69) is 33.6 Å². The Kier molecular flexibility index (Phi) is 3.61. The third-order valence-corrected chi connectivity index (χ3v) is 3.29. The molecule has 0 atom stereocenters. The second-order valence-electron chi connectivity index (χ2n) is 4.90. The quantitative estimate of drug-likeness (QED) is 0.836. The van der Waals surface area contributed by atoms with Gasteiger partial charge in [0.25, 0.3) is 0 Å². The van der Waals surface area contributed by atoms with E-state index in [1.165, 1.54) is 18.8 Å². The Bertz CT molecular complexity index is 324. The van der Waals surface area contributed by atoms with E-state index in [0.717, 1.165) is 25.5 Å². The molecule has 16 heavy (non-hydrogen) atoms. The molecular formula is C12H22N4. The van der Waals surface area contributed by atoms with E-state index in [1.807, 2.05) is 13.1 Å². The van der Waals surface area contributed by atoms with Gasteiger partial charge in [-0.15, -0.1) is 0 Å². The number of aromatic nitrogens is 2. The van der Waals surface area contributed by atoms with Crippen molar-refractivity contribution in [2.45, 2.75) is 33.4 Å². The van der Waals surface area contributed by atoms with E-state index < -0.39 is 0 Å². The highest BCUT2D eigenvalue weighted by atomic mass is 15.3. The topological polar surface area (TPSA) is 35.2 Å². The Morgan fingerprint density at radius 3 is 2.50 bits per heavy atom. The van der Waals surface area contributed by atoms with Gasteiger partial charge in [-0.25, -0.2) is 4.98 Å². The Morgan fingerprint density at radius 2 is 2.00 bits per heavy atom. The van der Waals surface area contributed by atoms with Crippen LogP contribution in [0.15, 0.2) is 6.20 Å². The number of imidazole rings is 1. The monoisotopic (exact) mass is 222 g/mol. The standard InChI is InChI=1S/C12H22N4/c1-10(2)16-6-4-15(5-7-16)9-12-8-13-11(3)14-12/h8,10H,4-7,9H2,1-3H3,(H,13,14). The second kappa shape index (κ2) is 4.97. The first-order chi connectivity index (χ1) is 7.65. The van der Waals surface area contributed by atoms with Gasteiger partial charge in [0.05, 0.1) is 0 Å². The molecule has 1 aromatic rings. The van der Waals surface area contributed by atoms with Crippen LogP contribution in [-0.2, 0) is 6.54 Å². The number of aromatic amines is 1. The SMILES string of the molecule is Cc1ncc(CN2CCN(C(C)C)CC2)[nH]1. The number of aryl methyl sites for hydroxylation is 1. The lowest BCUT2D eigenvalue weighted by molar-refractivity contribution is 0.103. The maximum absolute atomic E-state index is 4.23. The highest BCUT2D eigenvalue weighted by Gasteiger charge is 2.18. The first kappa shape index (κ1) is 11.6. The molecule has 90 valence electrons. The molecule has 0 radical (unpaired) electrons. The Balaban J connectivity index is 1.81. The van der Waals surface area contributed by atoms with Gasteiger partial charge in [-0.1, -0.05) is 0 Å². The number of hydrogen-bond acceptors (Lipinski definition) is 3. The molecule has 0 unspecified atom stereocenters. The molecule has 0 aromatic carbocycles. The van der Waals surface area contributed by atoms with E-state index in [1.54, 1.807) is 0 Å². The fraction of sp³-hybridized carbons (Fsp3) is 0.750. The van der Waals surface area contributed by atoms with Crippen molar-refractivity contribution in [2.75, 3.05) is 26.2 Å². The average Bonchev–Trinajstić information content (AvgIpc) is 2.65. The number of H-pyrrole nitrogens is 1. The van der Waals surface area contributed by atoms with Crippen molar-refractivity contribution in [2.24, 2.45) is 0 Å². The van der Waals surface area contributed by atoms with Gasteiger partial charge in [0, 0.05) is 50.7 Å². The molecule has 1 aliphatic rings. The molecule has 1 saturated heterocycles. The predicted molar refractivity (Wildman–Crippen MR) is 65.3 cm³/mol. The molecule has 1 fully saturated rings. The van der Waals surface area contributed by atoms with Crippen LogP contribution in [0.1, 0.15) is 25.4 Å². The molecule has 4 heteroatoms. The highest BCUT2D eigenvalue weighted by Crippen LogP contribution is 2.09. The van der Waals surface area contributed by atoms with Crippen LogP contribution in [0.5, 0.6) is 0 Å². The lowest BCUT2D eigenvalue weighted by atomic mass is 10.2. The fourth-order valence-corrected chi connectivity index (χ4v) is 2.23. The summed E-state index contributed by atoms with van der Waals surface area (Å²) in [4.78, 5) is 12.6. The fourth-order valence-electron chi connectivity index (χ4n) is 2.23. The van der Waals surface area contributed by atoms with Gasteiger partial charge in [-0.2, -0.15) is 0 Å². The zero-order valence-electron chi connectivity index (χ0n) is 10.5. The van der Waals surface area contributed by atoms with E-state index in [9.17, 15) is 0 Å². The Labute approximate surface area is 97.7 Å². The number of piperazine rings is 1. The number of rotatable bonds is 3. The largest absolute Gasteiger partial charge is 0.345 e. The molecule has 1 N–H and O–H groups in total. The van der Waals surface area contributed by atoms with Crippen molar-refractivity contribution in [1.82, 2.24) is 19.8 Å². The van der Waals surface area contributed by atoms with Gasteiger partial charge in [-0.3, -0.25) is 9.80 Å². The number of nitrogens with zero attached hydrogens (tertiary/aromatic N) is 3. The number of nitrogens with one attached hydrogen (secondary N) is 1. The molecule has 2 rings (SSSR count). The zero-order valence-corrected chi connectivity index (χ0v) is 10.5. The maximum Gasteiger partial charge on any atom is 0.103 e. The summed E-state index contributed by atoms with van der Waals surface area (Å²) >= 11 is 0. The first-order valence-corrected chi connectivity index (χ1v) is 6.12. The third kappa shape index (κ3) is 2.83. The van der Waals surface area contributed by atoms with Crippen molar-refractivity contribution in [1.29, 1.82) is 0 Å². The summed E-state index contributed by atoms with van der Waals surface area (Å²) in [7, 11) is 0. The van der Waals surface area contributed by atoms with Gasteiger partial charge in [0.15, 0.2) is 0 Å². The smallest absolute Gasteiger partial charge is 0.103 e. The van der Waals surface area contributed by atoms with Crippen LogP contribution in [-0.4, -0.2) is 52.0 Å². The summed E-state index contributed by atoms with van der Waals surface area (Å²) in [6, 6.07) is 0.677. The summed E-state index contributed by atoms with van der Waals surface area (Å²) in [5.74, 6) is 1.01. The molecule has 0 bridgehead atoms. The van der Waals surface area contributed by atoms with Crippen molar-refractivity contribution in [3.8, 4) is 0 Å². The Morgan fingerprint density at radius 1 is 1.31 bits per heavy atom. The molecular weight excluding hydrogens is 200 g/mol. The molecule has 4 nitrogen and oxygen atoms in total. The normalized spacial score (nSPS) is 19.5. The minimum atomic E-state index is 0.677. The molecule has 0 aliphatic carbocycles. The van der Waals surface area contributed by atoms with Gasteiger partial charge < -0.3 is 4.98 Å². The van der Waals surface area contributed by atoms with Crippen molar-refractivity contribution >= 4 is 0 Å². The summed E-state index contributed by atoms with van der Waals surface area (Å²) in [5.41, 5.74) is 1.23. The van der Waals surface area contributed by atoms with Crippen LogP contribution in [0.4, 0.5) is 0 Å².